The third-order valence-electron chi connectivity index (χ3n) is 6.63. The van der Waals surface area contributed by atoms with Crippen LogP contribution in [0.2, 0.25) is 0 Å². The first kappa shape index (κ1) is 23.0. The highest BCUT2D eigenvalue weighted by Gasteiger charge is 2.23. The number of hydrogen-bond acceptors (Lipinski definition) is 6. The standard InChI is InChI=1S/C26H28N4O2.CH4/c1-29-7-9-30(10-8-29)6-3-11-32-26-15-24-22(14-25(26)31-2)21-13-19-12-18(16-27)4-5-20(19)23(21)17-28-24;/h4-5,12,14-15,17H,3,6-11,13H2,1-2H3;1H4. The van der Waals surface area contributed by atoms with Crippen LogP contribution < -0.4 is 9.47 Å². The van der Waals surface area contributed by atoms with Crippen LogP contribution in [0.5, 0.6) is 11.5 Å². The van der Waals surface area contributed by atoms with Gasteiger partial charge in [-0.05, 0) is 54.8 Å². The van der Waals surface area contributed by atoms with Crippen LogP contribution in [-0.4, -0.2) is 68.3 Å². The number of likely N-dealkylation sites (N-methyl/N-ethyl adjacent to an activating group) is 1. The van der Waals surface area contributed by atoms with Crippen molar-refractivity contribution in [1.29, 1.82) is 5.26 Å². The molecule has 1 saturated heterocycles. The SMILES string of the molecule is C.COc1cc2c3c(cnc2cc1OCCCN1CCN(C)CC1)-c1ccc(C#N)cc1C3. The fraction of sp³-hybridized carbons (Fsp3) is 0.407. The van der Waals surface area contributed by atoms with E-state index < -0.39 is 0 Å². The van der Waals surface area contributed by atoms with Crippen LogP contribution in [0.25, 0.3) is 22.0 Å². The molecule has 0 radical (unpaired) electrons. The van der Waals surface area contributed by atoms with Crippen molar-refractivity contribution in [3.8, 4) is 28.7 Å². The molecule has 33 heavy (non-hydrogen) atoms. The number of methoxy groups -OCH3 is 1. The third kappa shape index (κ3) is 4.52. The van der Waals surface area contributed by atoms with Gasteiger partial charge in [0.2, 0.25) is 0 Å². The number of nitriles is 1. The Bertz CT molecular complexity index is 1190. The second-order valence-electron chi connectivity index (χ2n) is 8.68. The van der Waals surface area contributed by atoms with Crippen LogP contribution >= 0.6 is 0 Å². The quantitative estimate of drug-likeness (QED) is 0.412. The number of pyridine rings is 1. The van der Waals surface area contributed by atoms with E-state index in [-0.39, 0.29) is 7.43 Å². The van der Waals surface area contributed by atoms with Crippen molar-refractivity contribution < 1.29 is 9.47 Å². The Labute approximate surface area is 196 Å². The van der Waals surface area contributed by atoms with Gasteiger partial charge in [0.05, 0.1) is 30.9 Å². The summed E-state index contributed by atoms with van der Waals surface area (Å²) >= 11 is 0. The smallest absolute Gasteiger partial charge is 0.163 e. The summed E-state index contributed by atoms with van der Waals surface area (Å²) in [5.41, 5.74) is 6.32. The first-order chi connectivity index (χ1) is 15.7. The normalized spacial score (nSPS) is 15.4. The predicted octanol–water partition coefficient (Wildman–Crippen LogP) is 4.34. The van der Waals surface area contributed by atoms with Crippen LogP contribution in [0, 0.1) is 11.3 Å². The van der Waals surface area contributed by atoms with Crippen molar-refractivity contribution in [3.05, 3.63) is 53.2 Å². The van der Waals surface area contributed by atoms with Gasteiger partial charge < -0.3 is 19.3 Å². The highest BCUT2D eigenvalue weighted by molar-refractivity contribution is 5.94. The Morgan fingerprint density at radius 3 is 2.64 bits per heavy atom. The molecule has 6 nitrogen and oxygen atoms in total. The summed E-state index contributed by atoms with van der Waals surface area (Å²) in [6.07, 6.45) is 3.73. The van der Waals surface area contributed by atoms with Gasteiger partial charge in [-0.25, -0.2) is 0 Å². The molecule has 5 rings (SSSR count). The molecule has 0 bridgehead atoms. The minimum atomic E-state index is 0. The van der Waals surface area contributed by atoms with Gasteiger partial charge in [-0.1, -0.05) is 13.5 Å². The van der Waals surface area contributed by atoms with Crippen molar-refractivity contribution in [2.75, 3.05) is 53.5 Å². The maximum absolute atomic E-state index is 9.23. The van der Waals surface area contributed by atoms with E-state index in [0.717, 1.165) is 79.1 Å². The Morgan fingerprint density at radius 1 is 1.06 bits per heavy atom. The summed E-state index contributed by atoms with van der Waals surface area (Å²) < 4.78 is 11.8. The zero-order chi connectivity index (χ0) is 22.1. The molecule has 6 heteroatoms. The third-order valence-corrected chi connectivity index (χ3v) is 6.63. The second-order valence-corrected chi connectivity index (χ2v) is 8.68. The van der Waals surface area contributed by atoms with Gasteiger partial charge in [-0.3, -0.25) is 4.98 Å². The zero-order valence-corrected chi connectivity index (χ0v) is 18.7. The van der Waals surface area contributed by atoms with Gasteiger partial charge in [0.15, 0.2) is 11.5 Å². The van der Waals surface area contributed by atoms with Crippen molar-refractivity contribution in [1.82, 2.24) is 14.8 Å². The highest BCUT2D eigenvalue weighted by Crippen LogP contribution is 2.42. The summed E-state index contributed by atoms with van der Waals surface area (Å²) in [7, 11) is 3.86. The van der Waals surface area contributed by atoms with E-state index >= 15 is 0 Å². The van der Waals surface area contributed by atoms with Gasteiger partial charge in [0.1, 0.15) is 0 Å². The summed E-state index contributed by atoms with van der Waals surface area (Å²) in [4.78, 5) is 9.60. The van der Waals surface area contributed by atoms with E-state index in [2.05, 4.69) is 22.9 Å². The predicted molar refractivity (Wildman–Crippen MR) is 132 cm³/mol. The number of rotatable bonds is 6. The average molecular weight is 445 g/mol. The topological polar surface area (TPSA) is 61.6 Å². The lowest BCUT2D eigenvalue weighted by Gasteiger charge is -2.32. The largest absolute Gasteiger partial charge is 0.493 e. The van der Waals surface area contributed by atoms with E-state index in [1.165, 1.54) is 11.1 Å². The zero-order valence-electron chi connectivity index (χ0n) is 18.7. The van der Waals surface area contributed by atoms with Crippen LogP contribution in [-0.2, 0) is 6.42 Å². The molecule has 172 valence electrons. The molecule has 2 heterocycles. The summed E-state index contributed by atoms with van der Waals surface area (Å²) in [5.74, 6) is 1.48. The number of fused-ring (bicyclic) bond motifs is 5. The molecule has 1 aliphatic carbocycles. The maximum Gasteiger partial charge on any atom is 0.163 e. The molecule has 2 aromatic carbocycles. The molecule has 1 aliphatic heterocycles. The molecule has 0 N–H and O–H groups in total. The summed E-state index contributed by atoms with van der Waals surface area (Å²) in [5, 5.41) is 10.3. The Hall–Kier alpha value is -3.14. The number of benzene rings is 2. The van der Waals surface area contributed by atoms with E-state index in [9.17, 15) is 5.26 Å². The Kier molecular flexibility index (Phi) is 6.83. The maximum atomic E-state index is 9.23. The number of nitrogens with zero attached hydrogens (tertiary/aromatic N) is 4. The molecule has 1 aromatic heterocycles. The number of piperazine rings is 1. The summed E-state index contributed by atoms with van der Waals surface area (Å²) in [6, 6.07) is 12.2. The Balaban J connectivity index is 0.00000259. The van der Waals surface area contributed by atoms with E-state index in [1.807, 2.05) is 36.5 Å². The van der Waals surface area contributed by atoms with Gasteiger partial charge >= 0.3 is 0 Å². The average Bonchev–Trinajstić information content (AvgIpc) is 3.20. The van der Waals surface area contributed by atoms with E-state index in [4.69, 9.17) is 14.5 Å². The molecule has 3 aromatic rings. The van der Waals surface area contributed by atoms with Crippen LogP contribution in [0.1, 0.15) is 30.5 Å². The van der Waals surface area contributed by atoms with Gasteiger partial charge in [0, 0.05) is 55.9 Å². The molecule has 0 saturated carbocycles. The summed E-state index contributed by atoms with van der Waals surface area (Å²) in [6.45, 7) is 6.24. The first-order valence-corrected chi connectivity index (χ1v) is 11.2. The molecule has 1 fully saturated rings. The van der Waals surface area contributed by atoms with Crippen molar-refractivity contribution >= 4 is 10.9 Å². The molecule has 0 spiro atoms. The molecule has 0 atom stereocenters. The monoisotopic (exact) mass is 444 g/mol. The molecule has 0 amide bonds. The van der Waals surface area contributed by atoms with Gasteiger partial charge in [-0.2, -0.15) is 5.26 Å². The Morgan fingerprint density at radius 2 is 1.88 bits per heavy atom. The lowest BCUT2D eigenvalue weighted by molar-refractivity contribution is 0.145. The van der Waals surface area contributed by atoms with Crippen molar-refractivity contribution in [2.24, 2.45) is 0 Å². The molecule has 2 aliphatic rings. The van der Waals surface area contributed by atoms with Crippen LogP contribution in [0.3, 0.4) is 0 Å². The lowest BCUT2D eigenvalue weighted by Crippen LogP contribution is -2.44. The van der Waals surface area contributed by atoms with Crippen LogP contribution in [0.4, 0.5) is 0 Å². The van der Waals surface area contributed by atoms with Crippen LogP contribution in [0.15, 0.2) is 36.5 Å². The van der Waals surface area contributed by atoms with Crippen molar-refractivity contribution in [3.63, 3.8) is 0 Å². The highest BCUT2D eigenvalue weighted by atomic mass is 16.5. The minimum absolute atomic E-state index is 0. The fourth-order valence-corrected chi connectivity index (χ4v) is 4.75. The number of hydrogen-bond donors (Lipinski definition) is 0. The molecular formula is C27H32N4O2. The number of ether oxygens (including phenoxy) is 2. The fourth-order valence-electron chi connectivity index (χ4n) is 4.75. The van der Waals surface area contributed by atoms with Gasteiger partial charge in [-0.15, -0.1) is 0 Å². The minimum Gasteiger partial charge on any atom is -0.493 e. The number of aromatic nitrogens is 1. The van der Waals surface area contributed by atoms with E-state index in [0.29, 0.717) is 12.2 Å². The molecular weight excluding hydrogens is 412 g/mol. The van der Waals surface area contributed by atoms with E-state index in [1.54, 1.807) is 7.11 Å². The molecule has 0 unspecified atom stereocenters. The van der Waals surface area contributed by atoms with Gasteiger partial charge in [0.25, 0.3) is 0 Å². The lowest BCUT2D eigenvalue weighted by atomic mass is 10.0. The van der Waals surface area contributed by atoms with Crippen molar-refractivity contribution in [2.45, 2.75) is 20.3 Å². The first-order valence-electron chi connectivity index (χ1n) is 11.2. The second kappa shape index (κ2) is 9.78.